The smallest absolute Gasteiger partial charge is 0.456 e. The highest BCUT2D eigenvalue weighted by Gasteiger charge is 2.41. The normalized spacial score (nSPS) is 19.3. The summed E-state index contributed by atoms with van der Waals surface area (Å²) in [5.74, 6) is -0.514. The molecule has 6 heteroatoms. The fourth-order valence-corrected chi connectivity index (χ4v) is 3.25. The van der Waals surface area contributed by atoms with E-state index in [4.69, 9.17) is 14.2 Å². The number of esters is 1. The van der Waals surface area contributed by atoms with Crippen molar-refractivity contribution in [1.82, 2.24) is 5.32 Å². The topological polar surface area (TPSA) is 73.9 Å². The first-order valence-electron chi connectivity index (χ1n) is 8.37. The number of hydrogen-bond donors (Lipinski definition) is 1. The third-order valence-electron chi connectivity index (χ3n) is 4.35. The van der Waals surface area contributed by atoms with Gasteiger partial charge in [-0.15, -0.1) is 0 Å². The third kappa shape index (κ3) is 3.12. The van der Waals surface area contributed by atoms with E-state index in [1.807, 2.05) is 38.1 Å². The molecule has 0 fully saturated rings. The molecule has 0 saturated heterocycles. The first-order valence-corrected chi connectivity index (χ1v) is 8.37. The average molecular weight is 343 g/mol. The van der Waals surface area contributed by atoms with E-state index in [1.54, 1.807) is 6.92 Å². The van der Waals surface area contributed by atoms with Crippen molar-refractivity contribution in [2.75, 3.05) is 13.2 Å². The zero-order valence-corrected chi connectivity index (χ0v) is 14.5. The minimum absolute atomic E-state index is 0.197. The van der Waals surface area contributed by atoms with Crippen LogP contribution >= 0.6 is 0 Å². The second-order valence-electron chi connectivity index (χ2n) is 5.85. The number of hydrogen-bond acceptors (Lipinski definition) is 6. The molecule has 132 valence electrons. The van der Waals surface area contributed by atoms with Gasteiger partial charge in [-0.1, -0.05) is 31.2 Å². The van der Waals surface area contributed by atoms with Gasteiger partial charge in [0.25, 0.3) is 0 Å². The Kier molecular flexibility index (Phi) is 4.79. The maximum absolute atomic E-state index is 12.3. The van der Waals surface area contributed by atoms with Gasteiger partial charge in [0, 0.05) is 0 Å². The lowest BCUT2D eigenvalue weighted by atomic mass is 9.83. The van der Waals surface area contributed by atoms with Crippen LogP contribution in [-0.2, 0) is 25.4 Å². The van der Waals surface area contributed by atoms with Crippen LogP contribution in [0.25, 0.3) is 0 Å². The number of cyclic esters (lactones) is 1. The molecular weight excluding hydrogens is 322 g/mol. The molecule has 1 N–H and O–H groups in total. The molecule has 0 aromatic heterocycles. The molecule has 0 saturated carbocycles. The molecule has 25 heavy (non-hydrogen) atoms. The number of dihydropyridines is 1. The number of carbonyl (C=O) groups is 2. The Hall–Kier alpha value is -2.76. The van der Waals surface area contributed by atoms with Crippen molar-refractivity contribution in [2.24, 2.45) is 0 Å². The molecule has 0 amide bonds. The van der Waals surface area contributed by atoms with Gasteiger partial charge < -0.3 is 19.5 Å². The summed E-state index contributed by atoms with van der Waals surface area (Å²) in [6, 6.07) is 7.82. The summed E-state index contributed by atoms with van der Waals surface area (Å²) in [5.41, 5.74) is 3.89. The summed E-state index contributed by atoms with van der Waals surface area (Å²) in [5, 5.41) is 3.12. The average Bonchev–Trinajstić information content (AvgIpc) is 2.96. The molecule has 0 radical (unpaired) electrons. The Bertz CT molecular complexity index is 778. The molecule has 1 atom stereocenters. The molecule has 2 heterocycles. The van der Waals surface area contributed by atoms with E-state index in [1.165, 1.54) is 0 Å². The van der Waals surface area contributed by atoms with Gasteiger partial charge in [-0.2, -0.15) is 0 Å². The Morgan fingerprint density at radius 3 is 2.80 bits per heavy atom. The predicted octanol–water partition coefficient (Wildman–Crippen LogP) is 3.15. The van der Waals surface area contributed by atoms with Crippen molar-refractivity contribution in [1.29, 1.82) is 0 Å². The highest BCUT2D eigenvalue weighted by Crippen LogP contribution is 2.42. The first-order chi connectivity index (χ1) is 12.1. The van der Waals surface area contributed by atoms with Gasteiger partial charge in [-0.05, 0) is 31.4 Å². The summed E-state index contributed by atoms with van der Waals surface area (Å²) < 4.78 is 15.6. The molecule has 3 rings (SSSR count). The molecule has 1 aromatic rings. The van der Waals surface area contributed by atoms with Crippen molar-refractivity contribution in [3.05, 3.63) is 58.1 Å². The molecule has 1 unspecified atom stereocenters. The predicted molar refractivity (Wildman–Crippen MR) is 90.5 cm³/mol. The van der Waals surface area contributed by atoms with Crippen molar-refractivity contribution in [3.8, 4) is 0 Å². The van der Waals surface area contributed by atoms with Crippen LogP contribution < -0.4 is 5.32 Å². The van der Waals surface area contributed by atoms with Gasteiger partial charge in [-0.3, -0.25) is 0 Å². The van der Waals surface area contributed by atoms with E-state index in [2.05, 4.69) is 5.32 Å². The number of allylic oxidation sites excluding steroid dienone is 2. The zero-order chi connectivity index (χ0) is 18.0. The second-order valence-corrected chi connectivity index (χ2v) is 5.85. The van der Waals surface area contributed by atoms with Gasteiger partial charge in [0.2, 0.25) is 0 Å². The quantitative estimate of drug-likeness (QED) is 0.847. The summed E-state index contributed by atoms with van der Waals surface area (Å²) in [4.78, 5) is 24.3. The van der Waals surface area contributed by atoms with Crippen LogP contribution in [0.2, 0.25) is 0 Å². The van der Waals surface area contributed by atoms with Crippen LogP contribution in [-0.4, -0.2) is 25.3 Å². The van der Waals surface area contributed by atoms with Crippen molar-refractivity contribution in [2.45, 2.75) is 33.1 Å². The van der Waals surface area contributed by atoms with E-state index in [0.717, 1.165) is 23.2 Å². The summed E-state index contributed by atoms with van der Waals surface area (Å²) >= 11 is 0. The van der Waals surface area contributed by atoms with Gasteiger partial charge in [0.15, 0.2) is 0 Å². The van der Waals surface area contributed by atoms with Crippen molar-refractivity contribution in [3.63, 3.8) is 0 Å². The molecule has 0 aliphatic carbocycles. The molecular formula is C19H21NO5. The fraction of sp³-hybridized carbons (Fsp3) is 0.368. The summed E-state index contributed by atoms with van der Waals surface area (Å²) in [6.45, 7) is 5.97. The molecule has 2 aliphatic rings. The molecule has 0 spiro atoms. The minimum Gasteiger partial charge on any atom is -0.456 e. The number of ether oxygens (including phenoxy) is 3. The number of benzene rings is 1. The first kappa shape index (κ1) is 17.1. The van der Waals surface area contributed by atoms with Gasteiger partial charge >= 0.3 is 12.1 Å². The van der Waals surface area contributed by atoms with Crippen molar-refractivity contribution < 1.29 is 23.8 Å². The summed E-state index contributed by atoms with van der Waals surface area (Å²) in [6.07, 6.45) is 0.0109. The maximum Gasteiger partial charge on any atom is 0.513 e. The van der Waals surface area contributed by atoms with Crippen LogP contribution in [0.4, 0.5) is 4.79 Å². The largest absolute Gasteiger partial charge is 0.513 e. The van der Waals surface area contributed by atoms with Crippen LogP contribution in [0.5, 0.6) is 0 Å². The van der Waals surface area contributed by atoms with E-state index in [-0.39, 0.29) is 13.2 Å². The Morgan fingerprint density at radius 1 is 1.32 bits per heavy atom. The standard InChI is InChI=1S/C19H21NO5/c1-4-12-8-6-7-9-13(12)15-16-14(10-24-18(16)21)20-11(3)17(15)25-19(22)23-5-2/h6-9,15,20H,4-5,10H2,1-3H3. The Labute approximate surface area is 146 Å². The lowest BCUT2D eigenvalue weighted by molar-refractivity contribution is -0.136. The lowest BCUT2D eigenvalue weighted by Crippen LogP contribution is -2.29. The number of nitrogens with one attached hydrogen (secondary N) is 1. The maximum atomic E-state index is 12.3. The van der Waals surface area contributed by atoms with Crippen LogP contribution in [0.1, 0.15) is 37.8 Å². The monoisotopic (exact) mass is 343 g/mol. The second kappa shape index (κ2) is 7.01. The molecule has 0 bridgehead atoms. The van der Waals surface area contributed by atoms with Crippen LogP contribution in [0, 0.1) is 0 Å². The van der Waals surface area contributed by atoms with Crippen molar-refractivity contribution >= 4 is 12.1 Å². The van der Waals surface area contributed by atoms with Crippen LogP contribution in [0.15, 0.2) is 47.0 Å². The molecule has 1 aromatic carbocycles. The molecule has 6 nitrogen and oxygen atoms in total. The number of carbonyl (C=O) groups excluding carboxylic acids is 2. The van der Waals surface area contributed by atoms with Gasteiger partial charge in [0.1, 0.15) is 12.4 Å². The zero-order valence-electron chi connectivity index (χ0n) is 14.5. The lowest BCUT2D eigenvalue weighted by Gasteiger charge is -2.28. The Balaban J connectivity index is 2.10. The van der Waals surface area contributed by atoms with E-state index >= 15 is 0 Å². The van der Waals surface area contributed by atoms with E-state index in [9.17, 15) is 9.59 Å². The highest BCUT2D eigenvalue weighted by atomic mass is 16.7. The highest BCUT2D eigenvalue weighted by molar-refractivity contribution is 5.95. The van der Waals surface area contributed by atoms with E-state index < -0.39 is 18.0 Å². The van der Waals surface area contributed by atoms with Crippen LogP contribution in [0.3, 0.4) is 0 Å². The molecule has 2 aliphatic heterocycles. The van der Waals surface area contributed by atoms with Gasteiger partial charge in [-0.25, -0.2) is 9.59 Å². The minimum atomic E-state index is -0.784. The fourth-order valence-electron chi connectivity index (χ4n) is 3.25. The van der Waals surface area contributed by atoms with Gasteiger partial charge in [0.05, 0.1) is 29.5 Å². The SMILES string of the molecule is CCOC(=O)OC1=C(C)NC2=C(C(=O)OC2)C1c1ccccc1CC. The summed E-state index contributed by atoms with van der Waals surface area (Å²) in [7, 11) is 0. The number of aryl methyl sites for hydroxylation is 1. The third-order valence-corrected chi connectivity index (χ3v) is 4.35. The Morgan fingerprint density at radius 2 is 2.08 bits per heavy atom. The number of rotatable bonds is 4. The van der Waals surface area contributed by atoms with E-state index in [0.29, 0.717) is 17.0 Å².